The molecule has 0 spiro atoms. The highest BCUT2D eigenvalue weighted by Crippen LogP contribution is 2.24. The average Bonchev–Trinajstić information content (AvgIpc) is 3.00. The second-order valence-electron chi connectivity index (χ2n) is 6.15. The Morgan fingerprint density at radius 1 is 1.26 bits per heavy atom. The van der Waals surface area contributed by atoms with Crippen molar-refractivity contribution >= 4 is 11.3 Å². The predicted molar refractivity (Wildman–Crippen MR) is 84.9 cm³/mol. The summed E-state index contributed by atoms with van der Waals surface area (Å²) in [6.07, 6.45) is 2.76. The number of thiophene rings is 1. The Bertz CT molecular complexity index is 380. The molecule has 0 saturated carbocycles. The summed E-state index contributed by atoms with van der Waals surface area (Å²) >= 11 is 1.87. The first kappa shape index (κ1) is 15.0. The van der Waals surface area contributed by atoms with Crippen LogP contribution in [-0.4, -0.2) is 30.6 Å². The lowest BCUT2D eigenvalue weighted by molar-refractivity contribution is 0.183. The highest BCUT2D eigenvalue weighted by molar-refractivity contribution is 7.10. The maximum atomic E-state index is 3.75. The zero-order chi connectivity index (χ0) is 13.8. The van der Waals surface area contributed by atoms with Gasteiger partial charge in [-0.3, -0.25) is 4.90 Å². The van der Waals surface area contributed by atoms with Crippen molar-refractivity contribution in [3.63, 3.8) is 0 Å². The summed E-state index contributed by atoms with van der Waals surface area (Å²) in [5.74, 6) is 0.724. The summed E-state index contributed by atoms with van der Waals surface area (Å²) in [7, 11) is 0. The normalized spacial score (nSPS) is 20.1. The molecule has 2 heterocycles. The van der Waals surface area contributed by atoms with Gasteiger partial charge in [-0.25, -0.2) is 0 Å². The molecule has 1 fully saturated rings. The molecule has 0 aliphatic carbocycles. The van der Waals surface area contributed by atoms with E-state index in [0.29, 0.717) is 12.1 Å². The number of nitrogens with one attached hydrogen (secondary N) is 1. The molecule has 2 unspecified atom stereocenters. The fraction of sp³-hybridized carbons (Fsp3) is 0.750. The van der Waals surface area contributed by atoms with Gasteiger partial charge in [-0.1, -0.05) is 13.8 Å². The van der Waals surface area contributed by atoms with Crippen LogP contribution in [0.2, 0.25) is 0 Å². The zero-order valence-corrected chi connectivity index (χ0v) is 13.6. The van der Waals surface area contributed by atoms with Gasteiger partial charge in [-0.2, -0.15) is 0 Å². The van der Waals surface area contributed by atoms with Gasteiger partial charge in [0.1, 0.15) is 0 Å². The van der Waals surface area contributed by atoms with E-state index in [4.69, 9.17) is 0 Å². The monoisotopic (exact) mass is 280 g/mol. The van der Waals surface area contributed by atoms with Crippen molar-refractivity contribution in [1.82, 2.24) is 10.2 Å². The Balaban J connectivity index is 1.90. The van der Waals surface area contributed by atoms with Crippen molar-refractivity contribution in [2.75, 3.05) is 19.6 Å². The largest absolute Gasteiger partial charge is 0.308 e. The minimum absolute atomic E-state index is 0.476. The minimum Gasteiger partial charge on any atom is -0.308 e. The third-order valence-electron chi connectivity index (χ3n) is 4.31. The number of rotatable bonds is 6. The molecule has 0 aromatic carbocycles. The van der Waals surface area contributed by atoms with Crippen LogP contribution in [0.3, 0.4) is 0 Å². The molecule has 0 amide bonds. The lowest BCUT2D eigenvalue weighted by Crippen LogP contribution is -2.44. The maximum absolute atomic E-state index is 3.75. The Hall–Kier alpha value is -0.380. The molecule has 1 aliphatic rings. The van der Waals surface area contributed by atoms with Crippen LogP contribution in [0.4, 0.5) is 0 Å². The van der Waals surface area contributed by atoms with Gasteiger partial charge in [-0.15, -0.1) is 11.3 Å². The molecule has 2 rings (SSSR count). The quantitative estimate of drug-likeness (QED) is 0.852. The number of aryl methyl sites for hydroxylation is 1. The zero-order valence-electron chi connectivity index (χ0n) is 12.8. The SMILES string of the molecule is Cc1ccsc1C(C)NCC(C(C)C)N1CCCC1. The van der Waals surface area contributed by atoms with Gasteiger partial charge in [0.05, 0.1) is 0 Å². The van der Waals surface area contributed by atoms with Crippen molar-refractivity contribution < 1.29 is 0 Å². The van der Waals surface area contributed by atoms with E-state index in [0.717, 1.165) is 12.5 Å². The summed E-state index contributed by atoms with van der Waals surface area (Å²) in [4.78, 5) is 4.16. The van der Waals surface area contributed by atoms with Gasteiger partial charge >= 0.3 is 0 Å². The van der Waals surface area contributed by atoms with Gasteiger partial charge in [0.25, 0.3) is 0 Å². The van der Waals surface area contributed by atoms with E-state index >= 15 is 0 Å². The van der Waals surface area contributed by atoms with Crippen molar-refractivity contribution in [2.24, 2.45) is 5.92 Å². The van der Waals surface area contributed by atoms with Gasteiger partial charge < -0.3 is 5.32 Å². The highest BCUT2D eigenvalue weighted by atomic mass is 32.1. The number of hydrogen-bond donors (Lipinski definition) is 1. The molecule has 19 heavy (non-hydrogen) atoms. The molecule has 1 N–H and O–H groups in total. The number of hydrogen-bond acceptors (Lipinski definition) is 3. The van der Waals surface area contributed by atoms with E-state index < -0.39 is 0 Å². The fourth-order valence-corrected chi connectivity index (χ4v) is 4.04. The second kappa shape index (κ2) is 6.87. The Kier molecular flexibility index (Phi) is 5.43. The van der Waals surface area contributed by atoms with E-state index in [2.05, 4.69) is 49.4 Å². The molecule has 1 aliphatic heterocycles. The van der Waals surface area contributed by atoms with Crippen LogP contribution >= 0.6 is 11.3 Å². The Morgan fingerprint density at radius 3 is 2.47 bits per heavy atom. The van der Waals surface area contributed by atoms with Crippen molar-refractivity contribution in [3.05, 3.63) is 21.9 Å². The predicted octanol–water partition coefficient (Wildman–Crippen LogP) is 3.83. The molecular weight excluding hydrogens is 252 g/mol. The van der Waals surface area contributed by atoms with Gasteiger partial charge in [0.15, 0.2) is 0 Å². The van der Waals surface area contributed by atoms with Crippen LogP contribution in [0, 0.1) is 12.8 Å². The van der Waals surface area contributed by atoms with E-state index in [1.54, 1.807) is 0 Å². The summed E-state index contributed by atoms with van der Waals surface area (Å²) in [6, 6.07) is 3.38. The van der Waals surface area contributed by atoms with Crippen LogP contribution in [0.5, 0.6) is 0 Å². The van der Waals surface area contributed by atoms with Crippen LogP contribution in [0.15, 0.2) is 11.4 Å². The molecule has 1 aromatic heterocycles. The van der Waals surface area contributed by atoms with Gasteiger partial charge in [0, 0.05) is 23.5 Å². The van der Waals surface area contributed by atoms with E-state index in [9.17, 15) is 0 Å². The first-order valence-corrected chi connectivity index (χ1v) is 8.49. The first-order valence-electron chi connectivity index (χ1n) is 7.61. The molecule has 1 aromatic rings. The molecule has 2 atom stereocenters. The van der Waals surface area contributed by atoms with Crippen LogP contribution in [0.25, 0.3) is 0 Å². The third-order valence-corrected chi connectivity index (χ3v) is 5.51. The lowest BCUT2D eigenvalue weighted by Gasteiger charge is -2.32. The molecule has 0 radical (unpaired) electrons. The van der Waals surface area contributed by atoms with Gasteiger partial charge in [-0.05, 0) is 62.7 Å². The Labute approximate surface area is 122 Å². The third kappa shape index (κ3) is 3.80. The van der Waals surface area contributed by atoms with Crippen molar-refractivity contribution in [1.29, 1.82) is 0 Å². The average molecular weight is 280 g/mol. The number of likely N-dealkylation sites (tertiary alicyclic amines) is 1. The maximum Gasteiger partial charge on any atom is 0.0389 e. The minimum atomic E-state index is 0.476. The van der Waals surface area contributed by atoms with E-state index in [1.807, 2.05) is 11.3 Å². The summed E-state index contributed by atoms with van der Waals surface area (Å²) in [6.45, 7) is 12.9. The standard InChI is InChI=1S/C16H28N2S/c1-12(2)15(18-8-5-6-9-18)11-17-14(4)16-13(3)7-10-19-16/h7,10,12,14-15,17H,5-6,8-9,11H2,1-4H3. The molecular formula is C16H28N2S. The molecule has 1 saturated heterocycles. The number of nitrogens with zero attached hydrogens (tertiary/aromatic N) is 1. The van der Waals surface area contributed by atoms with Gasteiger partial charge in [0.2, 0.25) is 0 Å². The molecule has 108 valence electrons. The highest BCUT2D eigenvalue weighted by Gasteiger charge is 2.25. The smallest absolute Gasteiger partial charge is 0.0389 e. The summed E-state index contributed by atoms with van der Waals surface area (Å²) < 4.78 is 0. The summed E-state index contributed by atoms with van der Waals surface area (Å²) in [5.41, 5.74) is 1.42. The van der Waals surface area contributed by atoms with Crippen LogP contribution in [-0.2, 0) is 0 Å². The van der Waals surface area contributed by atoms with Crippen molar-refractivity contribution in [3.8, 4) is 0 Å². The van der Waals surface area contributed by atoms with E-state index in [-0.39, 0.29) is 0 Å². The fourth-order valence-electron chi connectivity index (χ4n) is 3.08. The first-order chi connectivity index (χ1) is 9.09. The molecule has 2 nitrogen and oxygen atoms in total. The van der Waals surface area contributed by atoms with Crippen molar-refractivity contribution in [2.45, 2.75) is 52.6 Å². The second-order valence-corrected chi connectivity index (χ2v) is 7.10. The molecule has 3 heteroatoms. The molecule has 0 bridgehead atoms. The van der Waals surface area contributed by atoms with E-state index in [1.165, 1.54) is 36.4 Å². The topological polar surface area (TPSA) is 15.3 Å². The summed E-state index contributed by atoms with van der Waals surface area (Å²) in [5, 5.41) is 5.95. The lowest BCUT2D eigenvalue weighted by atomic mass is 10.0. The van der Waals surface area contributed by atoms with Crippen LogP contribution < -0.4 is 5.32 Å². The Morgan fingerprint density at radius 2 is 1.95 bits per heavy atom. The van der Waals surface area contributed by atoms with Crippen LogP contribution in [0.1, 0.15) is 50.1 Å².